The van der Waals surface area contributed by atoms with Crippen molar-refractivity contribution in [2.45, 2.75) is 20.8 Å². The van der Waals surface area contributed by atoms with Gasteiger partial charge in [0.2, 0.25) is 0 Å². The predicted molar refractivity (Wildman–Crippen MR) is 97.7 cm³/mol. The minimum Gasteiger partial charge on any atom is -0.452 e. The average molecular weight is 384 g/mol. The zero-order chi connectivity index (χ0) is 19.6. The summed E-state index contributed by atoms with van der Waals surface area (Å²) < 4.78 is 16.1. The highest BCUT2D eigenvalue weighted by Gasteiger charge is 2.56. The Labute approximate surface area is 155 Å². The molecule has 0 unspecified atom stereocenters. The molecule has 2 aromatic heterocycles. The molecule has 0 N–H and O–H groups in total. The summed E-state index contributed by atoms with van der Waals surface area (Å²) in [6.45, 7) is 3.44. The fraction of sp³-hybridized carbons (Fsp3) is 0.167. The fourth-order valence-corrected chi connectivity index (χ4v) is 5.27. The molecule has 3 rings (SSSR count). The number of aromatic nitrogens is 2. The van der Waals surface area contributed by atoms with Gasteiger partial charge < -0.3 is 13.3 Å². The van der Waals surface area contributed by atoms with Gasteiger partial charge in [-0.15, -0.1) is 0 Å². The van der Waals surface area contributed by atoms with Crippen LogP contribution in [-0.2, 0) is 27.7 Å². The van der Waals surface area contributed by atoms with Gasteiger partial charge in [0, 0.05) is 43.9 Å². The highest BCUT2D eigenvalue weighted by molar-refractivity contribution is 6.81. The first-order valence-corrected chi connectivity index (χ1v) is 9.76. The molecule has 8 nitrogen and oxygen atoms in total. The summed E-state index contributed by atoms with van der Waals surface area (Å²) in [4.78, 5) is 44.1. The number of hydrogen-bond acceptors (Lipinski definition) is 8. The first kappa shape index (κ1) is 18.5. The van der Waals surface area contributed by atoms with Crippen molar-refractivity contribution in [3.05, 3.63) is 42.7 Å². The largest absolute Gasteiger partial charge is 0.743 e. The van der Waals surface area contributed by atoms with Crippen LogP contribution in [0.2, 0.25) is 0 Å². The van der Waals surface area contributed by atoms with Gasteiger partial charge in [-0.05, 0) is 24.3 Å². The second-order valence-electron chi connectivity index (χ2n) is 5.73. The first-order chi connectivity index (χ1) is 12.8. The molecule has 2 heterocycles. The maximum absolute atomic E-state index is 11.8. The summed E-state index contributed by atoms with van der Waals surface area (Å²) in [5.41, 5.74) is 1.09. The van der Waals surface area contributed by atoms with E-state index in [9.17, 15) is 14.4 Å². The van der Waals surface area contributed by atoms with E-state index in [2.05, 4.69) is 9.97 Å². The van der Waals surface area contributed by atoms with Gasteiger partial charge >= 0.3 is 8.80 Å². The van der Waals surface area contributed by atoms with Crippen LogP contribution in [0.25, 0.3) is 21.8 Å². The van der Waals surface area contributed by atoms with Crippen molar-refractivity contribution in [3.8, 4) is 0 Å². The molecule has 0 saturated carbocycles. The van der Waals surface area contributed by atoms with Crippen LogP contribution < -0.4 is 5.19 Å². The van der Waals surface area contributed by atoms with Crippen LogP contribution in [0.1, 0.15) is 20.8 Å². The minimum absolute atomic E-state index is 0.261. The minimum atomic E-state index is -4.27. The molecule has 0 amide bonds. The van der Waals surface area contributed by atoms with Crippen LogP contribution in [0, 0.1) is 0 Å². The second-order valence-corrected chi connectivity index (χ2v) is 7.99. The zero-order valence-electron chi connectivity index (χ0n) is 14.9. The lowest BCUT2D eigenvalue weighted by atomic mass is 10.1. The van der Waals surface area contributed by atoms with Crippen molar-refractivity contribution in [2.75, 3.05) is 0 Å². The molecule has 0 spiro atoms. The molecule has 0 aliphatic rings. The monoisotopic (exact) mass is 384 g/mol. The average Bonchev–Trinajstić information content (AvgIpc) is 2.59. The number of pyridine rings is 2. The number of benzene rings is 1. The van der Waals surface area contributed by atoms with E-state index in [1.165, 1.54) is 0 Å². The number of carbonyl (C=O) groups is 3. The molecule has 0 fully saturated rings. The van der Waals surface area contributed by atoms with Gasteiger partial charge in [-0.1, -0.05) is 6.07 Å². The van der Waals surface area contributed by atoms with Gasteiger partial charge in [-0.3, -0.25) is 24.4 Å². The van der Waals surface area contributed by atoms with Gasteiger partial charge in [-0.25, -0.2) is 0 Å². The van der Waals surface area contributed by atoms with Crippen molar-refractivity contribution in [2.24, 2.45) is 0 Å². The number of nitrogens with zero attached hydrogens (tertiary/aromatic N) is 2. The third-order valence-corrected chi connectivity index (χ3v) is 6.38. The molecule has 0 saturated heterocycles. The molecule has 0 bridgehead atoms. The van der Waals surface area contributed by atoms with Crippen LogP contribution in [-0.4, -0.2) is 36.7 Å². The highest BCUT2D eigenvalue weighted by Crippen LogP contribution is 2.25. The van der Waals surface area contributed by atoms with E-state index in [0.717, 1.165) is 26.2 Å². The topological polar surface area (TPSA) is 105 Å². The summed E-state index contributed by atoms with van der Waals surface area (Å²) >= 11 is 0. The Hall–Kier alpha value is -3.33. The van der Waals surface area contributed by atoms with Crippen molar-refractivity contribution in [3.63, 3.8) is 0 Å². The second kappa shape index (κ2) is 7.12. The van der Waals surface area contributed by atoms with Crippen molar-refractivity contribution >= 4 is 53.7 Å². The van der Waals surface area contributed by atoms with Crippen LogP contribution in [0.15, 0.2) is 42.7 Å². The maximum Gasteiger partial charge on any atom is 0.743 e. The summed E-state index contributed by atoms with van der Waals surface area (Å²) in [6.07, 6.45) is 3.19. The van der Waals surface area contributed by atoms with Gasteiger partial charge in [-0.2, -0.15) is 0 Å². The van der Waals surface area contributed by atoms with Gasteiger partial charge in [0.25, 0.3) is 17.9 Å². The van der Waals surface area contributed by atoms with Gasteiger partial charge in [0.1, 0.15) is 0 Å². The van der Waals surface area contributed by atoms with Crippen LogP contribution in [0.4, 0.5) is 0 Å². The highest BCUT2D eigenvalue weighted by atomic mass is 28.4. The fourth-order valence-electron chi connectivity index (χ4n) is 2.83. The summed E-state index contributed by atoms with van der Waals surface area (Å²) in [7, 11) is -4.27. The molecular weight excluding hydrogens is 368 g/mol. The van der Waals surface area contributed by atoms with E-state index < -0.39 is 26.7 Å². The quantitative estimate of drug-likeness (QED) is 0.494. The number of fused-ring (bicyclic) bond motifs is 3. The van der Waals surface area contributed by atoms with E-state index >= 15 is 0 Å². The van der Waals surface area contributed by atoms with Gasteiger partial charge in [0.15, 0.2) is 0 Å². The third-order valence-electron chi connectivity index (χ3n) is 3.64. The molecule has 0 aliphatic heterocycles. The zero-order valence-corrected chi connectivity index (χ0v) is 15.9. The Kier molecular flexibility index (Phi) is 4.87. The third kappa shape index (κ3) is 3.63. The van der Waals surface area contributed by atoms with E-state index in [4.69, 9.17) is 13.3 Å². The normalized spacial score (nSPS) is 11.2. The molecule has 27 heavy (non-hydrogen) atoms. The van der Waals surface area contributed by atoms with Crippen molar-refractivity contribution in [1.82, 2.24) is 9.97 Å². The van der Waals surface area contributed by atoms with Gasteiger partial charge in [0.05, 0.1) is 16.2 Å². The standard InChI is InChI=1S/C18H16N2O6Si/c1-11(21)24-27(25-12(2)22,26-13(3)23)17-10-16-14(6-4-8-19-16)18-15(17)7-5-9-20-18/h4-10H,1-3H3. The lowest BCUT2D eigenvalue weighted by Crippen LogP contribution is -2.59. The Balaban J connectivity index is 2.41. The molecular formula is C18H16N2O6Si. The number of hydrogen-bond donors (Lipinski definition) is 0. The van der Waals surface area contributed by atoms with E-state index in [1.54, 1.807) is 36.7 Å². The van der Waals surface area contributed by atoms with Crippen molar-refractivity contribution < 1.29 is 27.7 Å². The lowest BCUT2D eigenvalue weighted by Gasteiger charge is -2.27. The first-order valence-electron chi connectivity index (χ1n) is 8.04. The molecule has 0 radical (unpaired) electrons. The van der Waals surface area contributed by atoms with Crippen LogP contribution >= 0.6 is 0 Å². The van der Waals surface area contributed by atoms with E-state index in [1.807, 2.05) is 6.07 Å². The molecule has 1 aromatic carbocycles. The Morgan fingerprint density at radius 1 is 0.815 bits per heavy atom. The lowest BCUT2D eigenvalue weighted by molar-refractivity contribution is -0.146. The van der Waals surface area contributed by atoms with E-state index in [-0.39, 0.29) is 5.19 Å². The smallest absolute Gasteiger partial charge is 0.452 e. The molecule has 3 aromatic rings. The number of rotatable bonds is 4. The Morgan fingerprint density at radius 3 is 1.89 bits per heavy atom. The Morgan fingerprint density at radius 2 is 1.33 bits per heavy atom. The molecule has 9 heteroatoms. The SMILES string of the molecule is CC(=O)O[Si](OC(C)=O)(OC(C)=O)c1cc2ncccc2c2ncccc12. The summed E-state index contributed by atoms with van der Waals surface area (Å²) in [6, 6.07) is 8.62. The van der Waals surface area contributed by atoms with Crippen LogP contribution in [0.3, 0.4) is 0 Å². The molecule has 0 atom stereocenters. The maximum atomic E-state index is 11.8. The molecule has 0 aliphatic carbocycles. The van der Waals surface area contributed by atoms with E-state index in [0.29, 0.717) is 16.4 Å². The molecule has 138 valence electrons. The summed E-state index contributed by atoms with van der Waals surface area (Å²) in [5.74, 6) is -2.24. The number of carbonyl (C=O) groups excluding carboxylic acids is 3. The summed E-state index contributed by atoms with van der Waals surface area (Å²) in [5, 5.41) is 1.55. The predicted octanol–water partition coefficient (Wildman–Crippen LogP) is 1.62. The van der Waals surface area contributed by atoms with Crippen LogP contribution in [0.5, 0.6) is 0 Å². The van der Waals surface area contributed by atoms with Crippen molar-refractivity contribution in [1.29, 1.82) is 0 Å². The Bertz CT molecular complexity index is 1030.